The number of ether oxygens (including phenoxy) is 2. The summed E-state index contributed by atoms with van der Waals surface area (Å²) >= 11 is 0. The SMILES string of the molecule is CC(COc1ccc(C(C)CC(=O)O)cc1)COc1cccc(C(C)(C)C)c1. The molecule has 4 heteroatoms. The van der Waals surface area contributed by atoms with E-state index in [2.05, 4.69) is 39.8 Å². The van der Waals surface area contributed by atoms with Gasteiger partial charge in [-0.05, 0) is 46.7 Å². The lowest BCUT2D eigenvalue weighted by Crippen LogP contribution is -2.17. The van der Waals surface area contributed by atoms with Gasteiger partial charge in [-0.25, -0.2) is 0 Å². The van der Waals surface area contributed by atoms with Crippen molar-refractivity contribution in [3.63, 3.8) is 0 Å². The summed E-state index contributed by atoms with van der Waals surface area (Å²) < 4.78 is 11.8. The standard InChI is InChI=1S/C24H32O4/c1-17(16-28-22-8-6-7-20(14-22)24(3,4)5)15-27-21-11-9-19(10-12-21)18(2)13-23(25)26/h6-12,14,17-18H,13,15-16H2,1-5H3,(H,25,26). The van der Waals surface area contributed by atoms with Crippen molar-refractivity contribution in [3.05, 3.63) is 59.7 Å². The molecule has 0 saturated carbocycles. The van der Waals surface area contributed by atoms with Gasteiger partial charge in [0.05, 0.1) is 19.6 Å². The maximum absolute atomic E-state index is 10.8. The minimum absolute atomic E-state index is 0.0114. The Hall–Kier alpha value is -2.49. The van der Waals surface area contributed by atoms with Gasteiger partial charge < -0.3 is 14.6 Å². The Labute approximate surface area is 168 Å². The number of benzene rings is 2. The monoisotopic (exact) mass is 384 g/mol. The van der Waals surface area contributed by atoms with E-state index < -0.39 is 5.97 Å². The molecule has 2 rings (SSSR count). The highest BCUT2D eigenvalue weighted by Gasteiger charge is 2.14. The molecule has 2 unspecified atom stereocenters. The number of hydrogen-bond donors (Lipinski definition) is 1. The van der Waals surface area contributed by atoms with Gasteiger partial charge in [0.15, 0.2) is 0 Å². The third kappa shape index (κ3) is 6.91. The van der Waals surface area contributed by atoms with Gasteiger partial charge in [-0.15, -0.1) is 0 Å². The Morgan fingerprint density at radius 1 is 0.964 bits per heavy atom. The highest BCUT2D eigenvalue weighted by Crippen LogP contribution is 2.26. The molecular weight excluding hydrogens is 352 g/mol. The average Bonchev–Trinajstić information content (AvgIpc) is 2.64. The second kappa shape index (κ2) is 9.63. The van der Waals surface area contributed by atoms with Crippen molar-refractivity contribution >= 4 is 5.97 Å². The Kier molecular flexibility index (Phi) is 7.50. The van der Waals surface area contributed by atoms with E-state index in [9.17, 15) is 4.79 Å². The first-order valence-corrected chi connectivity index (χ1v) is 9.83. The number of carbonyl (C=O) groups is 1. The molecule has 4 nitrogen and oxygen atoms in total. The Morgan fingerprint density at radius 3 is 2.14 bits per heavy atom. The van der Waals surface area contributed by atoms with Crippen molar-refractivity contribution in [3.8, 4) is 11.5 Å². The van der Waals surface area contributed by atoms with Crippen LogP contribution in [0.2, 0.25) is 0 Å². The summed E-state index contributed by atoms with van der Waals surface area (Å²) in [5.41, 5.74) is 2.36. The van der Waals surface area contributed by atoms with E-state index in [-0.39, 0.29) is 23.7 Å². The van der Waals surface area contributed by atoms with E-state index >= 15 is 0 Å². The van der Waals surface area contributed by atoms with Gasteiger partial charge in [0.2, 0.25) is 0 Å². The average molecular weight is 385 g/mol. The molecule has 0 heterocycles. The molecule has 2 aromatic carbocycles. The maximum atomic E-state index is 10.8. The third-order valence-electron chi connectivity index (χ3n) is 4.70. The van der Waals surface area contributed by atoms with Crippen LogP contribution in [0.5, 0.6) is 11.5 Å². The van der Waals surface area contributed by atoms with Gasteiger partial charge in [-0.2, -0.15) is 0 Å². The van der Waals surface area contributed by atoms with Crippen LogP contribution >= 0.6 is 0 Å². The molecule has 0 bridgehead atoms. The Balaban J connectivity index is 1.81. The number of rotatable bonds is 9. The summed E-state index contributed by atoms with van der Waals surface area (Å²) in [6.07, 6.45) is 0.130. The first-order valence-electron chi connectivity index (χ1n) is 9.83. The highest BCUT2D eigenvalue weighted by atomic mass is 16.5. The van der Waals surface area contributed by atoms with Crippen molar-refractivity contribution in [1.82, 2.24) is 0 Å². The topological polar surface area (TPSA) is 55.8 Å². The first kappa shape index (κ1) is 21.8. The summed E-state index contributed by atoms with van der Waals surface area (Å²) in [5.74, 6) is 1.12. The van der Waals surface area contributed by atoms with Crippen LogP contribution in [0.4, 0.5) is 0 Å². The van der Waals surface area contributed by atoms with Gasteiger partial charge in [0.1, 0.15) is 11.5 Å². The quantitative estimate of drug-likeness (QED) is 0.606. The molecule has 1 N–H and O–H groups in total. The van der Waals surface area contributed by atoms with Gasteiger partial charge in [-0.1, -0.05) is 58.9 Å². The van der Waals surface area contributed by atoms with Gasteiger partial charge in [0, 0.05) is 5.92 Å². The zero-order chi connectivity index (χ0) is 20.7. The van der Waals surface area contributed by atoms with Crippen LogP contribution < -0.4 is 9.47 Å². The Morgan fingerprint density at radius 2 is 1.57 bits per heavy atom. The van der Waals surface area contributed by atoms with Crippen LogP contribution in [0.25, 0.3) is 0 Å². The van der Waals surface area contributed by atoms with Crippen molar-refractivity contribution in [2.24, 2.45) is 5.92 Å². The van der Waals surface area contributed by atoms with Crippen molar-refractivity contribution < 1.29 is 19.4 Å². The van der Waals surface area contributed by atoms with E-state index in [1.807, 2.05) is 43.3 Å². The molecule has 0 aromatic heterocycles. The molecule has 28 heavy (non-hydrogen) atoms. The second-order valence-corrected chi connectivity index (χ2v) is 8.57. The lowest BCUT2D eigenvalue weighted by molar-refractivity contribution is -0.137. The zero-order valence-corrected chi connectivity index (χ0v) is 17.6. The van der Waals surface area contributed by atoms with Crippen molar-refractivity contribution in [2.45, 2.75) is 52.4 Å². The number of hydrogen-bond acceptors (Lipinski definition) is 3. The lowest BCUT2D eigenvalue weighted by atomic mass is 9.87. The number of carboxylic acid groups (broad SMARTS) is 1. The normalized spacial score (nSPS) is 13.6. The maximum Gasteiger partial charge on any atom is 0.303 e. The fourth-order valence-corrected chi connectivity index (χ4v) is 2.85. The largest absolute Gasteiger partial charge is 0.493 e. The molecule has 0 fully saturated rings. The molecule has 152 valence electrons. The van der Waals surface area contributed by atoms with Crippen LogP contribution in [0.15, 0.2) is 48.5 Å². The van der Waals surface area contributed by atoms with Crippen molar-refractivity contribution in [2.75, 3.05) is 13.2 Å². The van der Waals surface area contributed by atoms with E-state index in [1.54, 1.807) is 0 Å². The van der Waals surface area contributed by atoms with E-state index in [0.717, 1.165) is 17.1 Å². The highest BCUT2D eigenvalue weighted by molar-refractivity contribution is 5.67. The van der Waals surface area contributed by atoms with E-state index in [4.69, 9.17) is 14.6 Å². The summed E-state index contributed by atoms with van der Waals surface area (Å²) in [5, 5.41) is 8.90. The molecule has 0 radical (unpaired) electrons. The predicted octanol–water partition coefficient (Wildman–Crippen LogP) is 5.66. The first-order chi connectivity index (χ1) is 13.1. The van der Waals surface area contributed by atoms with Crippen LogP contribution in [-0.2, 0) is 10.2 Å². The minimum Gasteiger partial charge on any atom is -0.493 e. The Bertz CT molecular complexity index is 759. The van der Waals surface area contributed by atoms with Gasteiger partial charge >= 0.3 is 5.97 Å². The zero-order valence-electron chi connectivity index (χ0n) is 17.6. The van der Waals surface area contributed by atoms with E-state index in [0.29, 0.717) is 13.2 Å². The number of aliphatic carboxylic acids is 1. The third-order valence-corrected chi connectivity index (χ3v) is 4.70. The molecule has 0 spiro atoms. The molecule has 0 aliphatic rings. The molecule has 2 aromatic rings. The fourth-order valence-electron chi connectivity index (χ4n) is 2.85. The summed E-state index contributed by atoms with van der Waals surface area (Å²) in [7, 11) is 0. The summed E-state index contributed by atoms with van der Waals surface area (Å²) in [6.45, 7) is 11.7. The lowest BCUT2D eigenvalue weighted by Gasteiger charge is -2.20. The van der Waals surface area contributed by atoms with Crippen LogP contribution in [0, 0.1) is 5.92 Å². The molecule has 2 atom stereocenters. The second-order valence-electron chi connectivity index (χ2n) is 8.57. The molecular formula is C24H32O4. The van der Waals surface area contributed by atoms with Crippen LogP contribution in [0.1, 0.15) is 58.1 Å². The van der Waals surface area contributed by atoms with Gasteiger partial charge in [-0.3, -0.25) is 4.79 Å². The fraction of sp³-hybridized carbons (Fsp3) is 0.458. The number of carboxylic acids is 1. The van der Waals surface area contributed by atoms with Gasteiger partial charge in [0.25, 0.3) is 0 Å². The smallest absolute Gasteiger partial charge is 0.303 e. The summed E-state index contributed by atoms with van der Waals surface area (Å²) in [6, 6.07) is 15.9. The molecule has 0 amide bonds. The van der Waals surface area contributed by atoms with Crippen molar-refractivity contribution in [1.29, 1.82) is 0 Å². The molecule has 0 saturated heterocycles. The predicted molar refractivity (Wildman–Crippen MR) is 112 cm³/mol. The van der Waals surface area contributed by atoms with Crippen LogP contribution in [0.3, 0.4) is 0 Å². The van der Waals surface area contributed by atoms with Crippen LogP contribution in [-0.4, -0.2) is 24.3 Å². The summed E-state index contributed by atoms with van der Waals surface area (Å²) in [4.78, 5) is 10.8. The van der Waals surface area contributed by atoms with E-state index in [1.165, 1.54) is 5.56 Å². The molecule has 0 aliphatic heterocycles. The minimum atomic E-state index is -0.783. The molecule has 0 aliphatic carbocycles.